The lowest BCUT2D eigenvalue weighted by molar-refractivity contribution is -0.115. The van der Waals surface area contributed by atoms with Gasteiger partial charge >= 0.3 is 0 Å². The molecule has 0 spiro atoms. The number of carbonyl (C=O) groups excluding carboxylic acids is 2. The van der Waals surface area contributed by atoms with Crippen molar-refractivity contribution in [2.75, 3.05) is 16.4 Å². The summed E-state index contributed by atoms with van der Waals surface area (Å²) >= 11 is 7.41. The fraction of sp³-hybridized carbons (Fsp3) is 0.188. The zero-order valence-electron chi connectivity index (χ0n) is 12.5. The number of pyridine rings is 1. The Kier molecular flexibility index (Phi) is 6.43. The van der Waals surface area contributed by atoms with E-state index in [2.05, 4.69) is 15.6 Å². The van der Waals surface area contributed by atoms with Gasteiger partial charge in [0.2, 0.25) is 11.8 Å². The lowest BCUT2D eigenvalue weighted by Crippen LogP contribution is -2.16. The Morgan fingerprint density at radius 2 is 2.00 bits per heavy atom. The third-order valence-corrected chi connectivity index (χ3v) is 3.98. The van der Waals surface area contributed by atoms with Crippen LogP contribution >= 0.6 is 23.4 Å². The fourth-order valence-electron chi connectivity index (χ4n) is 1.84. The van der Waals surface area contributed by atoms with Crippen molar-refractivity contribution in [1.82, 2.24) is 4.98 Å². The summed E-state index contributed by atoms with van der Waals surface area (Å²) < 4.78 is 0. The summed E-state index contributed by atoms with van der Waals surface area (Å²) in [6.07, 6.45) is 1.72. The van der Waals surface area contributed by atoms with E-state index < -0.39 is 0 Å². The predicted molar refractivity (Wildman–Crippen MR) is 94.8 cm³/mol. The molecule has 0 aliphatic heterocycles. The van der Waals surface area contributed by atoms with Gasteiger partial charge in [-0.3, -0.25) is 14.6 Å². The number of thioether (sulfide) groups is 1. The largest absolute Gasteiger partial charge is 0.325 e. The van der Waals surface area contributed by atoms with Crippen LogP contribution in [0.3, 0.4) is 0 Å². The number of nitrogens with one attached hydrogen (secondary N) is 2. The van der Waals surface area contributed by atoms with Crippen molar-refractivity contribution >= 4 is 46.6 Å². The first kappa shape index (κ1) is 17.3. The van der Waals surface area contributed by atoms with Crippen molar-refractivity contribution < 1.29 is 9.59 Å². The second kappa shape index (κ2) is 8.55. The summed E-state index contributed by atoms with van der Waals surface area (Å²) in [5, 5.41) is 5.90. The molecule has 7 heteroatoms. The molecule has 0 atom stereocenters. The summed E-state index contributed by atoms with van der Waals surface area (Å²) in [6.45, 7) is 1.41. The van der Waals surface area contributed by atoms with Crippen molar-refractivity contribution in [3.8, 4) is 0 Å². The number of aromatic nitrogens is 1. The van der Waals surface area contributed by atoms with Crippen molar-refractivity contribution in [2.24, 2.45) is 0 Å². The highest BCUT2D eigenvalue weighted by molar-refractivity contribution is 7.99. The molecule has 2 N–H and O–H groups in total. The molecule has 0 saturated heterocycles. The average molecular weight is 350 g/mol. The number of amides is 2. The van der Waals surface area contributed by atoms with Gasteiger partial charge in [-0.2, -0.15) is 0 Å². The van der Waals surface area contributed by atoms with Crippen LogP contribution < -0.4 is 10.6 Å². The molecule has 0 aliphatic carbocycles. The lowest BCUT2D eigenvalue weighted by atomic mass is 10.2. The van der Waals surface area contributed by atoms with Gasteiger partial charge in [-0.1, -0.05) is 17.7 Å². The SMILES string of the molecule is CC(=O)Nc1ccc(Cl)cc1NC(=O)CSCc1ccccn1. The van der Waals surface area contributed by atoms with Crippen LogP contribution in [0.25, 0.3) is 0 Å². The van der Waals surface area contributed by atoms with Crippen molar-refractivity contribution in [1.29, 1.82) is 0 Å². The Balaban J connectivity index is 1.91. The minimum absolute atomic E-state index is 0.167. The number of carbonyl (C=O) groups is 2. The molecular weight excluding hydrogens is 334 g/mol. The third kappa shape index (κ3) is 5.92. The Labute approximate surface area is 143 Å². The maximum absolute atomic E-state index is 12.0. The van der Waals surface area contributed by atoms with Gasteiger partial charge in [0, 0.05) is 23.9 Å². The molecule has 23 heavy (non-hydrogen) atoms. The summed E-state index contributed by atoms with van der Waals surface area (Å²) in [5.74, 6) is 0.553. The molecule has 1 heterocycles. The average Bonchev–Trinajstić information content (AvgIpc) is 2.51. The molecule has 1 aromatic heterocycles. The molecule has 0 unspecified atom stereocenters. The zero-order valence-corrected chi connectivity index (χ0v) is 14.1. The van der Waals surface area contributed by atoms with Gasteiger partial charge in [-0.25, -0.2) is 0 Å². The second-order valence-corrected chi connectivity index (χ2v) is 6.16. The van der Waals surface area contributed by atoms with Crippen LogP contribution in [0.4, 0.5) is 11.4 Å². The first-order valence-corrected chi connectivity index (χ1v) is 8.42. The van der Waals surface area contributed by atoms with E-state index in [9.17, 15) is 9.59 Å². The Bertz CT molecular complexity index is 695. The molecule has 5 nitrogen and oxygen atoms in total. The number of benzene rings is 1. The molecule has 0 radical (unpaired) electrons. The molecular formula is C16H16ClN3O2S. The van der Waals surface area contributed by atoms with Crippen LogP contribution in [0.2, 0.25) is 5.02 Å². The number of hydrogen-bond donors (Lipinski definition) is 2. The fourth-order valence-corrected chi connectivity index (χ4v) is 2.75. The summed E-state index contributed by atoms with van der Waals surface area (Å²) in [5.41, 5.74) is 1.92. The van der Waals surface area contributed by atoms with Gasteiger partial charge in [0.05, 0.1) is 22.8 Å². The molecule has 1 aromatic carbocycles. The van der Waals surface area contributed by atoms with Gasteiger partial charge in [0.1, 0.15) is 0 Å². The topological polar surface area (TPSA) is 71.1 Å². The van der Waals surface area contributed by atoms with Gasteiger partial charge in [-0.05, 0) is 30.3 Å². The first-order valence-electron chi connectivity index (χ1n) is 6.89. The standard InChI is InChI=1S/C16H16ClN3O2S/c1-11(21)19-14-6-5-12(17)8-15(14)20-16(22)10-23-9-13-4-2-3-7-18-13/h2-8H,9-10H2,1H3,(H,19,21)(H,20,22). The van der Waals surface area contributed by atoms with Gasteiger partial charge in [-0.15, -0.1) is 11.8 Å². The molecule has 0 saturated carbocycles. The van der Waals surface area contributed by atoms with Crippen LogP contribution in [-0.4, -0.2) is 22.6 Å². The van der Waals surface area contributed by atoms with E-state index in [0.717, 1.165) is 5.69 Å². The van der Waals surface area contributed by atoms with E-state index in [1.807, 2.05) is 18.2 Å². The van der Waals surface area contributed by atoms with Crippen LogP contribution in [0.5, 0.6) is 0 Å². The van der Waals surface area contributed by atoms with Crippen LogP contribution in [0.1, 0.15) is 12.6 Å². The summed E-state index contributed by atoms with van der Waals surface area (Å²) in [4.78, 5) is 27.4. The highest BCUT2D eigenvalue weighted by Gasteiger charge is 2.09. The van der Waals surface area contributed by atoms with E-state index in [1.54, 1.807) is 24.4 Å². The first-order chi connectivity index (χ1) is 11.0. The number of rotatable bonds is 6. The van der Waals surface area contributed by atoms with Crippen molar-refractivity contribution in [2.45, 2.75) is 12.7 Å². The minimum atomic E-state index is -0.215. The molecule has 2 aromatic rings. The summed E-state index contributed by atoms with van der Waals surface area (Å²) in [7, 11) is 0. The molecule has 0 fully saturated rings. The van der Waals surface area contributed by atoms with Crippen LogP contribution in [0, 0.1) is 0 Å². The Morgan fingerprint density at radius 1 is 1.17 bits per heavy atom. The van der Waals surface area contributed by atoms with Crippen molar-refractivity contribution in [3.05, 3.63) is 53.3 Å². The molecule has 120 valence electrons. The molecule has 2 amide bonds. The molecule has 0 aliphatic rings. The third-order valence-electron chi connectivity index (χ3n) is 2.78. The van der Waals surface area contributed by atoms with E-state index in [-0.39, 0.29) is 17.6 Å². The second-order valence-electron chi connectivity index (χ2n) is 4.73. The number of anilines is 2. The zero-order chi connectivity index (χ0) is 16.7. The number of halogens is 1. The van der Waals surface area contributed by atoms with E-state index in [4.69, 9.17) is 11.6 Å². The van der Waals surface area contributed by atoms with Crippen LogP contribution in [0.15, 0.2) is 42.6 Å². The van der Waals surface area contributed by atoms with E-state index in [1.165, 1.54) is 18.7 Å². The van der Waals surface area contributed by atoms with Gasteiger partial charge in [0.15, 0.2) is 0 Å². The van der Waals surface area contributed by atoms with E-state index in [0.29, 0.717) is 22.2 Å². The predicted octanol–water partition coefficient (Wildman–Crippen LogP) is 3.57. The Morgan fingerprint density at radius 3 is 2.70 bits per heavy atom. The van der Waals surface area contributed by atoms with Crippen LogP contribution in [-0.2, 0) is 15.3 Å². The summed E-state index contributed by atoms with van der Waals surface area (Å²) in [6, 6.07) is 10.6. The lowest BCUT2D eigenvalue weighted by Gasteiger charge is -2.11. The number of nitrogens with zero attached hydrogens (tertiary/aromatic N) is 1. The Hall–Kier alpha value is -2.05. The van der Waals surface area contributed by atoms with E-state index >= 15 is 0 Å². The highest BCUT2D eigenvalue weighted by atomic mass is 35.5. The normalized spacial score (nSPS) is 10.2. The smallest absolute Gasteiger partial charge is 0.234 e. The molecule has 2 rings (SSSR count). The highest BCUT2D eigenvalue weighted by Crippen LogP contribution is 2.26. The minimum Gasteiger partial charge on any atom is -0.325 e. The maximum atomic E-state index is 12.0. The van der Waals surface area contributed by atoms with Crippen molar-refractivity contribution in [3.63, 3.8) is 0 Å². The molecule has 0 bridgehead atoms. The number of hydrogen-bond acceptors (Lipinski definition) is 4. The van der Waals surface area contributed by atoms with Gasteiger partial charge in [0.25, 0.3) is 0 Å². The van der Waals surface area contributed by atoms with Gasteiger partial charge < -0.3 is 10.6 Å². The monoisotopic (exact) mass is 349 g/mol. The maximum Gasteiger partial charge on any atom is 0.234 e. The quantitative estimate of drug-likeness (QED) is 0.836.